The summed E-state index contributed by atoms with van der Waals surface area (Å²) in [6, 6.07) is 14.4. The molecule has 6 nitrogen and oxygen atoms in total. The molecule has 2 aromatic heterocycles. The van der Waals surface area contributed by atoms with E-state index in [4.69, 9.17) is 16.6 Å². The number of aromatic nitrogens is 3. The van der Waals surface area contributed by atoms with Crippen molar-refractivity contribution >= 4 is 28.4 Å². The van der Waals surface area contributed by atoms with E-state index in [1.807, 2.05) is 60.0 Å². The second-order valence-electron chi connectivity index (χ2n) is 8.82. The van der Waals surface area contributed by atoms with Gasteiger partial charge >= 0.3 is 0 Å². The van der Waals surface area contributed by atoms with Crippen LogP contribution in [0.15, 0.2) is 54.7 Å². The minimum Gasteiger partial charge on any atom is -0.336 e. The molecule has 0 unspecified atom stereocenters. The molecular formula is C27H27ClFN5O. The molecule has 0 aliphatic carbocycles. The quantitative estimate of drug-likeness (QED) is 0.386. The van der Waals surface area contributed by atoms with E-state index in [1.54, 1.807) is 12.1 Å². The highest BCUT2D eigenvalue weighted by Crippen LogP contribution is 2.28. The molecule has 180 valence electrons. The van der Waals surface area contributed by atoms with Crippen molar-refractivity contribution in [3.8, 4) is 11.3 Å². The van der Waals surface area contributed by atoms with Crippen LogP contribution in [0.4, 0.5) is 4.39 Å². The summed E-state index contributed by atoms with van der Waals surface area (Å²) < 4.78 is 16.1. The lowest BCUT2D eigenvalue weighted by atomic mass is 10.0. The van der Waals surface area contributed by atoms with E-state index in [-0.39, 0.29) is 11.7 Å². The summed E-state index contributed by atoms with van der Waals surface area (Å²) >= 11 is 6.21. The van der Waals surface area contributed by atoms with Crippen LogP contribution in [-0.2, 0) is 13.1 Å². The molecular weight excluding hydrogens is 465 g/mol. The molecule has 35 heavy (non-hydrogen) atoms. The monoisotopic (exact) mass is 491 g/mol. The molecule has 5 rings (SSSR count). The summed E-state index contributed by atoms with van der Waals surface area (Å²) in [5.41, 5.74) is 4.48. The van der Waals surface area contributed by atoms with E-state index < -0.39 is 0 Å². The van der Waals surface area contributed by atoms with Crippen LogP contribution in [0, 0.1) is 12.7 Å². The molecule has 1 aliphatic rings. The molecule has 1 saturated heterocycles. The van der Waals surface area contributed by atoms with Crippen molar-refractivity contribution in [1.29, 1.82) is 0 Å². The number of aryl methyl sites for hydroxylation is 2. The lowest BCUT2D eigenvalue weighted by molar-refractivity contribution is 0.0629. The summed E-state index contributed by atoms with van der Waals surface area (Å²) in [7, 11) is 0. The predicted octanol–water partition coefficient (Wildman–Crippen LogP) is 5.18. The molecule has 0 bridgehead atoms. The number of piperazine rings is 1. The Morgan fingerprint density at radius 3 is 2.57 bits per heavy atom. The summed E-state index contributed by atoms with van der Waals surface area (Å²) in [5.74, 6) is -0.317. The van der Waals surface area contributed by atoms with E-state index in [0.717, 1.165) is 34.4 Å². The number of rotatable bonds is 5. The molecule has 0 radical (unpaired) electrons. The number of para-hydroxylation sites is 1. The molecule has 1 aliphatic heterocycles. The average molecular weight is 492 g/mol. The number of halogens is 2. The van der Waals surface area contributed by atoms with Gasteiger partial charge in [0.15, 0.2) is 0 Å². The van der Waals surface area contributed by atoms with Crippen LogP contribution in [0.25, 0.3) is 22.2 Å². The number of nitrogens with zero attached hydrogens (tertiary/aromatic N) is 5. The Kier molecular flexibility index (Phi) is 6.54. The van der Waals surface area contributed by atoms with Gasteiger partial charge in [-0.1, -0.05) is 35.9 Å². The maximum Gasteiger partial charge on any atom is 0.254 e. The highest BCUT2D eigenvalue weighted by Gasteiger charge is 2.25. The molecule has 0 saturated carbocycles. The van der Waals surface area contributed by atoms with Crippen LogP contribution in [0.5, 0.6) is 0 Å². The van der Waals surface area contributed by atoms with Crippen molar-refractivity contribution in [2.45, 2.75) is 26.9 Å². The van der Waals surface area contributed by atoms with E-state index in [2.05, 4.69) is 10.00 Å². The minimum absolute atomic E-state index is 0.0195. The minimum atomic E-state index is -0.298. The number of carbonyl (C=O) groups excluding carboxylic acids is 1. The van der Waals surface area contributed by atoms with Crippen molar-refractivity contribution < 1.29 is 9.18 Å². The van der Waals surface area contributed by atoms with Gasteiger partial charge in [0.05, 0.1) is 22.5 Å². The normalized spacial score (nSPS) is 14.6. The third kappa shape index (κ3) is 4.66. The van der Waals surface area contributed by atoms with Crippen LogP contribution in [0.1, 0.15) is 28.5 Å². The first-order chi connectivity index (χ1) is 16.9. The standard InChI is InChI=1S/C27H27ClFN5O/c1-3-34-17-21(18(2)31-34)26-15-20(19-7-4-5-10-25(19)30-26)27(35)33-13-11-32(12-14-33)16-22-23(28)8-6-9-24(22)29/h4-10,15,17H,3,11-14,16H2,1-2H3. The Labute approximate surface area is 208 Å². The fraction of sp³-hybridized carbons (Fsp3) is 0.296. The van der Waals surface area contributed by atoms with Crippen molar-refractivity contribution in [3.63, 3.8) is 0 Å². The number of fused-ring (bicyclic) bond motifs is 1. The Hall–Kier alpha value is -3.29. The van der Waals surface area contributed by atoms with Gasteiger partial charge in [-0.2, -0.15) is 5.10 Å². The van der Waals surface area contributed by atoms with Crippen LogP contribution in [0.2, 0.25) is 5.02 Å². The van der Waals surface area contributed by atoms with Crippen LogP contribution < -0.4 is 0 Å². The van der Waals surface area contributed by atoms with Gasteiger partial charge in [0.25, 0.3) is 5.91 Å². The van der Waals surface area contributed by atoms with Crippen LogP contribution in [-0.4, -0.2) is 56.7 Å². The Bertz CT molecular complexity index is 1370. The number of carbonyl (C=O) groups is 1. The first-order valence-corrected chi connectivity index (χ1v) is 12.2. The largest absolute Gasteiger partial charge is 0.336 e. The van der Waals surface area contributed by atoms with Crippen molar-refractivity contribution in [1.82, 2.24) is 24.6 Å². The van der Waals surface area contributed by atoms with E-state index in [1.165, 1.54) is 6.07 Å². The summed E-state index contributed by atoms with van der Waals surface area (Å²) in [5, 5.41) is 5.81. The van der Waals surface area contributed by atoms with Gasteiger partial charge in [-0.15, -0.1) is 0 Å². The first-order valence-electron chi connectivity index (χ1n) is 11.8. The highest BCUT2D eigenvalue weighted by molar-refractivity contribution is 6.31. The number of hydrogen-bond acceptors (Lipinski definition) is 4. The zero-order valence-electron chi connectivity index (χ0n) is 19.8. The molecule has 1 fully saturated rings. The second-order valence-corrected chi connectivity index (χ2v) is 9.23. The van der Waals surface area contributed by atoms with E-state index >= 15 is 0 Å². The molecule has 0 spiro atoms. The lowest BCUT2D eigenvalue weighted by Crippen LogP contribution is -2.48. The molecule has 3 heterocycles. The molecule has 8 heteroatoms. The fourth-order valence-corrected chi connectivity index (χ4v) is 4.83. The summed E-state index contributed by atoms with van der Waals surface area (Å²) in [6.45, 7) is 7.61. The lowest BCUT2D eigenvalue weighted by Gasteiger charge is -2.35. The Morgan fingerprint density at radius 1 is 1.09 bits per heavy atom. The van der Waals surface area contributed by atoms with Gasteiger partial charge in [-0.05, 0) is 38.1 Å². The van der Waals surface area contributed by atoms with E-state index in [9.17, 15) is 9.18 Å². The smallest absolute Gasteiger partial charge is 0.254 e. The van der Waals surface area contributed by atoms with Gasteiger partial charge in [0.2, 0.25) is 0 Å². The number of hydrogen-bond donors (Lipinski definition) is 0. The van der Waals surface area contributed by atoms with Gasteiger partial charge in [-0.3, -0.25) is 14.4 Å². The average Bonchev–Trinajstić information content (AvgIpc) is 3.26. The molecule has 2 aromatic carbocycles. The van der Waals surface area contributed by atoms with Gasteiger partial charge < -0.3 is 4.90 Å². The number of amides is 1. The first kappa shape index (κ1) is 23.5. The SMILES string of the molecule is CCn1cc(-c2cc(C(=O)N3CCN(Cc4c(F)cccc4Cl)CC3)c3ccccc3n2)c(C)n1. The Morgan fingerprint density at radius 2 is 1.86 bits per heavy atom. The topological polar surface area (TPSA) is 54.3 Å². The molecule has 4 aromatic rings. The Balaban J connectivity index is 1.39. The molecule has 1 amide bonds. The molecule has 0 N–H and O–H groups in total. The van der Waals surface area contributed by atoms with E-state index in [0.29, 0.717) is 48.9 Å². The predicted molar refractivity (Wildman–Crippen MR) is 136 cm³/mol. The third-order valence-electron chi connectivity index (χ3n) is 6.60. The maximum atomic E-state index is 14.2. The van der Waals surface area contributed by atoms with Crippen molar-refractivity contribution in [2.24, 2.45) is 0 Å². The van der Waals surface area contributed by atoms with Crippen LogP contribution >= 0.6 is 11.6 Å². The van der Waals surface area contributed by atoms with Crippen LogP contribution in [0.3, 0.4) is 0 Å². The zero-order chi connectivity index (χ0) is 24.5. The summed E-state index contributed by atoms with van der Waals surface area (Å²) in [4.78, 5) is 22.5. The number of pyridine rings is 1. The summed E-state index contributed by atoms with van der Waals surface area (Å²) in [6.07, 6.45) is 1.98. The van der Waals surface area contributed by atoms with Gasteiger partial charge in [0, 0.05) is 67.0 Å². The fourth-order valence-electron chi connectivity index (χ4n) is 4.61. The maximum absolute atomic E-state index is 14.2. The van der Waals surface area contributed by atoms with Crippen molar-refractivity contribution in [3.05, 3.63) is 82.4 Å². The van der Waals surface area contributed by atoms with Crippen molar-refractivity contribution in [2.75, 3.05) is 26.2 Å². The second kappa shape index (κ2) is 9.76. The number of benzene rings is 2. The van der Waals surface area contributed by atoms with Gasteiger partial charge in [-0.25, -0.2) is 9.37 Å². The third-order valence-corrected chi connectivity index (χ3v) is 6.95. The molecule has 0 atom stereocenters. The highest BCUT2D eigenvalue weighted by atomic mass is 35.5. The van der Waals surface area contributed by atoms with Gasteiger partial charge in [0.1, 0.15) is 5.82 Å². The zero-order valence-corrected chi connectivity index (χ0v) is 20.6.